The molecule has 0 aliphatic carbocycles. The summed E-state index contributed by atoms with van der Waals surface area (Å²) < 4.78 is 12.7. The van der Waals surface area contributed by atoms with Gasteiger partial charge in [-0.05, 0) is 13.0 Å². The van der Waals surface area contributed by atoms with Gasteiger partial charge in [-0.2, -0.15) is 0 Å². The third-order valence-electron chi connectivity index (χ3n) is 1.71. The molecule has 3 N–H and O–H groups in total. The molecular formula is C8H10ClFN2O. The Bertz CT molecular complexity index is 306. The maximum absolute atomic E-state index is 12.7. The highest BCUT2D eigenvalue weighted by Gasteiger charge is 2.16. The van der Waals surface area contributed by atoms with Crippen molar-refractivity contribution in [3.63, 3.8) is 0 Å². The summed E-state index contributed by atoms with van der Waals surface area (Å²) in [5, 5.41) is 9.28. The number of aliphatic hydroxyl groups is 1. The molecule has 13 heavy (non-hydrogen) atoms. The van der Waals surface area contributed by atoms with Gasteiger partial charge in [0.1, 0.15) is 11.0 Å². The van der Waals surface area contributed by atoms with Crippen LogP contribution in [0.1, 0.15) is 18.5 Å². The highest BCUT2D eigenvalue weighted by atomic mass is 35.5. The van der Waals surface area contributed by atoms with E-state index in [0.29, 0.717) is 5.56 Å². The topological polar surface area (TPSA) is 59.1 Å². The molecule has 1 rings (SSSR count). The summed E-state index contributed by atoms with van der Waals surface area (Å²) in [6, 6.07) is 0.461. The number of rotatable bonds is 2. The zero-order chi connectivity index (χ0) is 10.0. The van der Waals surface area contributed by atoms with Gasteiger partial charge in [0.2, 0.25) is 0 Å². The van der Waals surface area contributed by atoms with Crippen molar-refractivity contribution in [1.82, 2.24) is 4.98 Å². The van der Waals surface area contributed by atoms with E-state index < -0.39 is 18.0 Å². The summed E-state index contributed by atoms with van der Waals surface area (Å²) in [7, 11) is 0. The molecule has 0 saturated heterocycles. The Labute approximate surface area is 80.3 Å². The van der Waals surface area contributed by atoms with Crippen LogP contribution in [-0.2, 0) is 0 Å². The number of hydrogen-bond donors (Lipinski definition) is 2. The summed E-state index contributed by atoms with van der Waals surface area (Å²) in [5.74, 6) is -0.518. The molecule has 1 aromatic heterocycles. The molecule has 3 nitrogen and oxygen atoms in total. The summed E-state index contributed by atoms with van der Waals surface area (Å²) in [6.45, 7) is 1.51. The molecule has 5 heteroatoms. The van der Waals surface area contributed by atoms with Crippen LogP contribution in [0.5, 0.6) is 0 Å². The van der Waals surface area contributed by atoms with Gasteiger partial charge in [0, 0.05) is 5.56 Å². The molecule has 0 aromatic carbocycles. The lowest BCUT2D eigenvalue weighted by Crippen LogP contribution is -2.23. The fourth-order valence-corrected chi connectivity index (χ4v) is 1.16. The Morgan fingerprint density at radius 2 is 2.31 bits per heavy atom. The molecule has 0 amide bonds. The summed E-state index contributed by atoms with van der Waals surface area (Å²) in [4.78, 5) is 3.58. The lowest BCUT2D eigenvalue weighted by molar-refractivity contribution is 0.164. The zero-order valence-corrected chi connectivity index (χ0v) is 7.79. The zero-order valence-electron chi connectivity index (χ0n) is 7.04. The van der Waals surface area contributed by atoms with Crippen molar-refractivity contribution in [3.05, 3.63) is 28.8 Å². The van der Waals surface area contributed by atoms with Crippen LogP contribution in [0, 0.1) is 5.82 Å². The number of nitrogens with zero attached hydrogens (tertiary/aromatic N) is 1. The average molecular weight is 205 g/mol. The fourth-order valence-electron chi connectivity index (χ4n) is 0.932. The molecule has 1 aromatic rings. The number of halogens is 2. The van der Waals surface area contributed by atoms with Gasteiger partial charge in [-0.1, -0.05) is 11.6 Å². The molecule has 2 unspecified atom stereocenters. The lowest BCUT2D eigenvalue weighted by Gasteiger charge is -2.15. The second-order valence-corrected chi connectivity index (χ2v) is 3.16. The number of pyridine rings is 1. The van der Waals surface area contributed by atoms with Crippen molar-refractivity contribution in [2.75, 3.05) is 0 Å². The highest BCUT2D eigenvalue weighted by Crippen LogP contribution is 2.22. The summed E-state index contributed by atoms with van der Waals surface area (Å²) >= 11 is 5.67. The van der Waals surface area contributed by atoms with E-state index in [1.54, 1.807) is 0 Å². The van der Waals surface area contributed by atoms with Gasteiger partial charge in [-0.3, -0.25) is 0 Å². The molecule has 0 bridgehead atoms. The lowest BCUT2D eigenvalue weighted by atomic mass is 10.1. The molecule has 1 heterocycles. The first-order chi connectivity index (χ1) is 6.02. The van der Waals surface area contributed by atoms with Crippen LogP contribution in [0.2, 0.25) is 5.15 Å². The molecule has 0 aliphatic rings. The van der Waals surface area contributed by atoms with Crippen molar-refractivity contribution >= 4 is 11.6 Å². The first kappa shape index (κ1) is 10.4. The second-order valence-electron chi connectivity index (χ2n) is 2.80. The summed E-state index contributed by atoms with van der Waals surface area (Å²) in [5.41, 5.74) is 5.88. The molecule has 0 spiro atoms. The Morgan fingerprint density at radius 3 is 2.85 bits per heavy atom. The van der Waals surface area contributed by atoms with E-state index in [4.69, 9.17) is 22.4 Å². The Morgan fingerprint density at radius 1 is 1.69 bits per heavy atom. The van der Waals surface area contributed by atoms with Gasteiger partial charge in [-0.25, -0.2) is 9.37 Å². The molecule has 2 atom stereocenters. The standard InChI is InChI=1S/C8H10ClFN2O/c1-4(13)7(11)6-2-5(10)3-12-8(6)9/h2-4,7,13H,11H2,1H3. The van der Waals surface area contributed by atoms with E-state index in [-0.39, 0.29) is 5.15 Å². The van der Waals surface area contributed by atoms with Crippen molar-refractivity contribution in [2.45, 2.75) is 19.1 Å². The molecule has 72 valence electrons. The van der Waals surface area contributed by atoms with Gasteiger partial charge >= 0.3 is 0 Å². The Kier molecular flexibility index (Phi) is 3.19. The van der Waals surface area contributed by atoms with Crippen LogP contribution in [0.3, 0.4) is 0 Å². The van der Waals surface area contributed by atoms with Crippen molar-refractivity contribution in [1.29, 1.82) is 0 Å². The predicted molar refractivity (Wildman–Crippen MR) is 47.8 cm³/mol. The van der Waals surface area contributed by atoms with E-state index in [9.17, 15) is 4.39 Å². The molecule has 0 radical (unpaired) electrons. The quantitative estimate of drug-likeness (QED) is 0.713. The van der Waals surface area contributed by atoms with Crippen LogP contribution in [0.15, 0.2) is 12.3 Å². The minimum atomic E-state index is -0.791. The van der Waals surface area contributed by atoms with Crippen molar-refractivity contribution < 1.29 is 9.50 Å². The Balaban J connectivity index is 3.05. The maximum Gasteiger partial charge on any atom is 0.141 e. The number of nitrogens with two attached hydrogens (primary N) is 1. The van der Waals surface area contributed by atoms with Gasteiger partial charge in [0.15, 0.2) is 0 Å². The van der Waals surface area contributed by atoms with E-state index in [0.717, 1.165) is 6.20 Å². The Hall–Kier alpha value is -0.710. The highest BCUT2D eigenvalue weighted by molar-refractivity contribution is 6.30. The number of hydrogen-bond acceptors (Lipinski definition) is 3. The van der Waals surface area contributed by atoms with E-state index >= 15 is 0 Å². The van der Waals surface area contributed by atoms with Gasteiger partial charge < -0.3 is 10.8 Å². The average Bonchev–Trinajstić information content (AvgIpc) is 2.08. The second kappa shape index (κ2) is 4.00. The summed E-state index contributed by atoms with van der Waals surface area (Å²) in [6.07, 6.45) is 0.210. The third kappa shape index (κ3) is 2.37. The van der Waals surface area contributed by atoms with Crippen molar-refractivity contribution in [3.8, 4) is 0 Å². The first-order valence-corrected chi connectivity index (χ1v) is 4.14. The first-order valence-electron chi connectivity index (χ1n) is 3.77. The third-order valence-corrected chi connectivity index (χ3v) is 2.03. The van der Waals surface area contributed by atoms with Gasteiger partial charge in [-0.15, -0.1) is 0 Å². The van der Waals surface area contributed by atoms with Crippen LogP contribution < -0.4 is 5.73 Å². The SMILES string of the molecule is CC(O)C(N)c1cc(F)cnc1Cl. The minimum Gasteiger partial charge on any atom is -0.391 e. The van der Waals surface area contributed by atoms with E-state index in [1.165, 1.54) is 13.0 Å². The maximum atomic E-state index is 12.7. The molecule has 0 fully saturated rings. The monoisotopic (exact) mass is 204 g/mol. The number of aromatic nitrogens is 1. The predicted octanol–water partition coefficient (Wildman–Crippen LogP) is 1.25. The normalized spacial score (nSPS) is 15.5. The molecular weight excluding hydrogens is 195 g/mol. The van der Waals surface area contributed by atoms with Crippen LogP contribution in [0.4, 0.5) is 4.39 Å². The van der Waals surface area contributed by atoms with Crippen molar-refractivity contribution in [2.24, 2.45) is 5.73 Å². The molecule has 0 aliphatic heterocycles. The minimum absolute atomic E-state index is 0.120. The smallest absolute Gasteiger partial charge is 0.141 e. The fraction of sp³-hybridized carbons (Fsp3) is 0.375. The van der Waals surface area contributed by atoms with E-state index in [2.05, 4.69) is 4.98 Å². The van der Waals surface area contributed by atoms with E-state index in [1.807, 2.05) is 0 Å². The van der Waals surface area contributed by atoms with Crippen LogP contribution in [-0.4, -0.2) is 16.2 Å². The van der Waals surface area contributed by atoms with Gasteiger partial charge in [0.25, 0.3) is 0 Å². The van der Waals surface area contributed by atoms with Crippen LogP contribution >= 0.6 is 11.6 Å². The van der Waals surface area contributed by atoms with Crippen LogP contribution in [0.25, 0.3) is 0 Å². The van der Waals surface area contributed by atoms with Gasteiger partial charge in [0.05, 0.1) is 18.3 Å². The number of aliphatic hydroxyl groups excluding tert-OH is 1. The largest absolute Gasteiger partial charge is 0.391 e. The molecule has 0 saturated carbocycles.